The van der Waals surface area contributed by atoms with E-state index in [1.54, 1.807) is 12.3 Å². The number of rotatable bonds is 5. The Bertz CT molecular complexity index is 1030. The van der Waals surface area contributed by atoms with Gasteiger partial charge >= 0.3 is 0 Å². The number of hydrogen-bond donors (Lipinski definition) is 1. The number of amides is 2. The van der Waals surface area contributed by atoms with Crippen LogP contribution in [0.4, 0.5) is 5.69 Å². The molecule has 4 rings (SSSR count). The van der Waals surface area contributed by atoms with E-state index in [4.69, 9.17) is 4.42 Å². The van der Waals surface area contributed by atoms with Crippen molar-refractivity contribution in [3.63, 3.8) is 0 Å². The molecule has 1 aliphatic heterocycles. The third kappa shape index (κ3) is 3.54. The molecule has 0 aliphatic carbocycles. The number of nitrogens with one attached hydrogen (secondary N) is 1. The van der Waals surface area contributed by atoms with Crippen LogP contribution in [0.15, 0.2) is 71.3 Å². The smallest absolute Gasteiger partial charge is 0.260 e. The maximum atomic E-state index is 13.6. The molecule has 6 nitrogen and oxygen atoms in total. The summed E-state index contributed by atoms with van der Waals surface area (Å²) >= 11 is 0. The van der Waals surface area contributed by atoms with E-state index in [9.17, 15) is 9.59 Å². The quantitative estimate of drug-likeness (QED) is 0.727. The molecule has 6 heteroatoms. The molecule has 2 amide bonds. The summed E-state index contributed by atoms with van der Waals surface area (Å²) in [6.07, 6.45) is 1.57. The van der Waals surface area contributed by atoms with Gasteiger partial charge in [-0.1, -0.05) is 36.4 Å². The second-order valence-electron chi connectivity index (χ2n) is 7.25. The highest BCUT2D eigenvalue weighted by Crippen LogP contribution is 2.41. The van der Waals surface area contributed by atoms with Crippen molar-refractivity contribution in [3.8, 4) is 11.1 Å². The highest BCUT2D eigenvalue weighted by Gasteiger charge is 2.40. The van der Waals surface area contributed by atoms with Crippen LogP contribution in [0.2, 0.25) is 0 Å². The highest BCUT2D eigenvalue weighted by molar-refractivity contribution is 6.15. The Morgan fingerprint density at radius 3 is 2.41 bits per heavy atom. The molecule has 3 aromatic rings. The van der Waals surface area contributed by atoms with Crippen LogP contribution in [-0.2, 0) is 4.79 Å². The standard InChI is InChI=1S/C23H23N3O3/c1-25(2)14-13-24-22(27)20-21-18(12-15-29-21)17-10-6-7-11-19(17)23(28)26(20)16-8-4-3-5-9-16/h3-12,15,20H,13-14H2,1-2H3,(H,24,27). The van der Waals surface area contributed by atoms with E-state index in [-0.39, 0.29) is 11.8 Å². The van der Waals surface area contributed by atoms with Crippen LogP contribution in [0, 0.1) is 0 Å². The number of nitrogens with zero attached hydrogens (tertiary/aromatic N) is 2. The van der Waals surface area contributed by atoms with E-state index in [1.165, 1.54) is 4.90 Å². The van der Waals surface area contributed by atoms with Gasteiger partial charge in [0, 0.05) is 29.9 Å². The summed E-state index contributed by atoms with van der Waals surface area (Å²) in [5.74, 6) is -0.0338. The van der Waals surface area contributed by atoms with Gasteiger partial charge in [-0.15, -0.1) is 0 Å². The normalized spacial score (nSPS) is 15.6. The van der Waals surface area contributed by atoms with E-state index < -0.39 is 6.04 Å². The lowest BCUT2D eigenvalue weighted by atomic mass is 10.00. The van der Waals surface area contributed by atoms with Gasteiger partial charge in [-0.05, 0) is 43.9 Å². The van der Waals surface area contributed by atoms with E-state index in [1.807, 2.05) is 73.6 Å². The molecule has 2 aromatic carbocycles. The van der Waals surface area contributed by atoms with Crippen LogP contribution in [-0.4, -0.2) is 43.9 Å². The minimum absolute atomic E-state index is 0.231. The molecule has 0 fully saturated rings. The predicted molar refractivity (Wildman–Crippen MR) is 112 cm³/mol. The summed E-state index contributed by atoms with van der Waals surface area (Å²) in [7, 11) is 3.89. The molecule has 0 spiro atoms. The van der Waals surface area contributed by atoms with E-state index in [0.29, 0.717) is 30.1 Å². The second kappa shape index (κ2) is 7.93. The van der Waals surface area contributed by atoms with Crippen molar-refractivity contribution in [3.05, 3.63) is 78.3 Å². The molecule has 0 saturated carbocycles. The number of anilines is 1. The van der Waals surface area contributed by atoms with Gasteiger partial charge in [0.1, 0.15) is 5.76 Å². The van der Waals surface area contributed by atoms with E-state index in [0.717, 1.165) is 11.1 Å². The Hall–Kier alpha value is -3.38. The highest BCUT2D eigenvalue weighted by atomic mass is 16.3. The average Bonchev–Trinajstić information content (AvgIpc) is 3.17. The van der Waals surface area contributed by atoms with Gasteiger partial charge < -0.3 is 14.6 Å². The Balaban J connectivity index is 1.84. The molecule has 1 aliphatic rings. The first-order chi connectivity index (χ1) is 14.1. The summed E-state index contributed by atoms with van der Waals surface area (Å²) in [5, 5.41) is 2.95. The zero-order chi connectivity index (χ0) is 20.4. The molecule has 1 atom stereocenters. The second-order valence-corrected chi connectivity index (χ2v) is 7.25. The summed E-state index contributed by atoms with van der Waals surface area (Å²) in [6.45, 7) is 1.17. The number of carbonyl (C=O) groups is 2. The lowest BCUT2D eigenvalue weighted by Gasteiger charge is -2.29. The van der Waals surface area contributed by atoms with Crippen LogP contribution >= 0.6 is 0 Å². The Morgan fingerprint density at radius 1 is 1.00 bits per heavy atom. The Labute approximate surface area is 169 Å². The molecule has 1 unspecified atom stereocenters. The molecular formula is C23H23N3O3. The van der Waals surface area contributed by atoms with E-state index in [2.05, 4.69) is 5.32 Å². The van der Waals surface area contributed by atoms with Crippen molar-refractivity contribution < 1.29 is 14.0 Å². The van der Waals surface area contributed by atoms with Gasteiger partial charge in [-0.3, -0.25) is 14.5 Å². The van der Waals surface area contributed by atoms with E-state index >= 15 is 0 Å². The first kappa shape index (κ1) is 19.0. The first-order valence-electron chi connectivity index (χ1n) is 9.56. The number of likely N-dealkylation sites (N-methyl/N-ethyl adjacent to an activating group) is 1. The van der Waals surface area contributed by atoms with Gasteiger partial charge in [-0.2, -0.15) is 0 Å². The van der Waals surface area contributed by atoms with Crippen LogP contribution in [0.25, 0.3) is 11.1 Å². The van der Waals surface area contributed by atoms with Gasteiger partial charge in [0.05, 0.1) is 6.26 Å². The fraction of sp³-hybridized carbons (Fsp3) is 0.217. The summed E-state index contributed by atoms with van der Waals surface area (Å²) in [5.41, 5.74) is 2.72. The topological polar surface area (TPSA) is 65.8 Å². The third-order valence-corrected chi connectivity index (χ3v) is 5.01. The third-order valence-electron chi connectivity index (χ3n) is 5.01. The summed E-state index contributed by atoms with van der Waals surface area (Å²) < 4.78 is 5.79. The van der Waals surface area contributed by atoms with Gasteiger partial charge in [0.2, 0.25) is 0 Å². The van der Waals surface area contributed by atoms with Crippen molar-refractivity contribution in [2.45, 2.75) is 6.04 Å². The Morgan fingerprint density at radius 2 is 1.69 bits per heavy atom. The zero-order valence-corrected chi connectivity index (χ0v) is 16.5. The molecular weight excluding hydrogens is 366 g/mol. The van der Waals surface area contributed by atoms with Crippen molar-refractivity contribution in [1.29, 1.82) is 0 Å². The molecule has 148 valence electrons. The molecule has 0 saturated heterocycles. The van der Waals surface area contributed by atoms with Crippen LogP contribution in [0.3, 0.4) is 0 Å². The Kier molecular flexibility index (Phi) is 5.18. The minimum Gasteiger partial charge on any atom is -0.466 e. The lowest BCUT2D eigenvalue weighted by molar-refractivity contribution is -0.122. The molecule has 29 heavy (non-hydrogen) atoms. The number of furan rings is 1. The number of fused-ring (bicyclic) bond motifs is 3. The van der Waals surface area contributed by atoms with Gasteiger partial charge in [-0.25, -0.2) is 0 Å². The zero-order valence-electron chi connectivity index (χ0n) is 16.5. The first-order valence-corrected chi connectivity index (χ1v) is 9.56. The summed E-state index contributed by atoms with van der Waals surface area (Å²) in [4.78, 5) is 30.4. The summed E-state index contributed by atoms with van der Waals surface area (Å²) in [6, 6.07) is 17.5. The molecule has 0 radical (unpaired) electrons. The largest absolute Gasteiger partial charge is 0.466 e. The van der Waals surface area contributed by atoms with Crippen molar-refractivity contribution in [1.82, 2.24) is 10.2 Å². The fourth-order valence-corrected chi connectivity index (χ4v) is 3.61. The number of hydrogen-bond acceptors (Lipinski definition) is 4. The van der Waals surface area contributed by atoms with Crippen LogP contribution in [0.1, 0.15) is 22.2 Å². The predicted octanol–water partition coefficient (Wildman–Crippen LogP) is 3.33. The number of benzene rings is 2. The molecule has 1 aromatic heterocycles. The number of carbonyl (C=O) groups excluding carboxylic acids is 2. The fourth-order valence-electron chi connectivity index (χ4n) is 3.61. The van der Waals surface area contributed by atoms with Crippen LogP contribution in [0.5, 0.6) is 0 Å². The van der Waals surface area contributed by atoms with Gasteiger partial charge in [0.15, 0.2) is 6.04 Å². The average molecular weight is 389 g/mol. The monoisotopic (exact) mass is 389 g/mol. The maximum Gasteiger partial charge on any atom is 0.260 e. The molecule has 0 bridgehead atoms. The van der Waals surface area contributed by atoms with Crippen molar-refractivity contribution >= 4 is 17.5 Å². The molecule has 1 N–H and O–H groups in total. The molecule has 2 heterocycles. The lowest BCUT2D eigenvalue weighted by Crippen LogP contribution is -2.44. The minimum atomic E-state index is -0.899. The van der Waals surface area contributed by atoms with Crippen LogP contribution < -0.4 is 10.2 Å². The maximum absolute atomic E-state index is 13.6. The number of para-hydroxylation sites is 1. The SMILES string of the molecule is CN(C)CCNC(=O)C1c2occc2-c2ccccc2C(=O)N1c1ccccc1. The van der Waals surface area contributed by atoms with Crippen molar-refractivity contribution in [2.75, 3.05) is 32.1 Å². The van der Waals surface area contributed by atoms with Gasteiger partial charge in [0.25, 0.3) is 11.8 Å². The van der Waals surface area contributed by atoms with Crippen molar-refractivity contribution in [2.24, 2.45) is 0 Å².